The van der Waals surface area contributed by atoms with Crippen LogP contribution in [0.1, 0.15) is 33.6 Å². The molecule has 8 aromatic carbocycles. The largest absolute Gasteiger partial charge is 0.346 e. The fourth-order valence-electron chi connectivity index (χ4n) is 8.03. The fraction of sp³-hybridized carbons (Fsp3) is 0.0690. The molecule has 1 aromatic heterocycles. The van der Waals surface area contributed by atoms with Crippen LogP contribution in [0.4, 0.5) is 11.6 Å². The first-order valence-electron chi connectivity index (χ1n) is 21.4. The highest BCUT2D eigenvalue weighted by atomic mass is 15.2. The molecule has 64 heavy (non-hydrogen) atoms. The number of hydrogen-bond donors (Lipinski definition) is 0. The van der Waals surface area contributed by atoms with E-state index in [0.29, 0.717) is 37.8 Å². The van der Waals surface area contributed by atoms with E-state index >= 15 is 0 Å². The number of hydrogen-bond acceptors (Lipinski definition) is 6. The minimum atomic E-state index is 0.152. The van der Waals surface area contributed by atoms with Crippen molar-refractivity contribution in [2.24, 2.45) is 0 Å². The molecule has 0 amide bonds. The highest BCUT2D eigenvalue weighted by Crippen LogP contribution is 2.31. The zero-order valence-electron chi connectivity index (χ0n) is 35.3. The molecule has 1 heterocycles. The van der Waals surface area contributed by atoms with Gasteiger partial charge >= 0.3 is 0 Å². The first kappa shape index (κ1) is 40.8. The molecule has 0 aliphatic carbocycles. The zero-order chi connectivity index (χ0) is 43.5. The monoisotopic (exact) mass is 824 g/mol. The van der Waals surface area contributed by atoms with Gasteiger partial charge in [0.2, 0.25) is 0 Å². The van der Waals surface area contributed by atoms with Crippen molar-refractivity contribution in [1.82, 2.24) is 9.97 Å². The molecule has 0 atom stereocenters. The lowest BCUT2D eigenvalue weighted by Gasteiger charge is -2.28. The van der Waals surface area contributed by atoms with Gasteiger partial charge in [-0.25, -0.2) is 9.97 Å². The summed E-state index contributed by atoms with van der Waals surface area (Å²) < 4.78 is 0. The number of nitriles is 2. The van der Waals surface area contributed by atoms with Crippen LogP contribution in [0, 0.1) is 22.7 Å². The van der Waals surface area contributed by atoms with Crippen molar-refractivity contribution in [2.75, 3.05) is 9.80 Å². The van der Waals surface area contributed by atoms with Gasteiger partial charge in [0.15, 0.2) is 23.0 Å². The van der Waals surface area contributed by atoms with Crippen molar-refractivity contribution in [1.29, 1.82) is 10.5 Å². The lowest BCUT2D eigenvalue weighted by Crippen LogP contribution is -2.28. The van der Waals surface area contributed by atoms with Crippen LogP contribution in [-0.4, -0.2) is 9.97 Å². The Labute approximate surface area is 375 Å². The number of anilines is 2. The van der Waals surface area contributed by atoms with Crippen molar-refractivity contribution in [3.63, 3.8) is 0 Å². The van der Waals surface area contributed by atoms with Crippen molar-refractivity contribution < 1.29 is 0 Å². The number of benzene rings is 8. The third-order valence-corrected chi connectivity index (χ3v) is 11.4. The minimum absolute atomic E-state index is 0.152. The number of aromatic nitrogens is 2. The molecule has 9 aromatic rings. The normalized spacial score (nSPS) is 10.7. The lowest BCUT2D eigenvalue weighted by molar-refractivity contribution is 0.754. The molecule has 0 radical (unpaired) electrons. The molecule has 306 valence electrons. The molecule has 0 aliphatic heterocycles. The summed E-state index contributed by atoms with van der Waals surface area (Å²) in [6.07, 6.45) is 0. The van der Waals surface area contributed by atoms with Gasteiger partial charge in [-0.05, 0) is 66.8 Å². The van der Waals surface area contributed by atoms with Crippen LogP contribution >= 0.6 is 0 Å². The second kappa shape index (κ2) is 19.4. The van der Waals surface area contributed by atoms with E-state index in [0.717, 1.165) is 66.8 Å². The van der Waals surface area contributed by atoms with Gasteiger partial charge in [0.05, 0.1) is 0 Å². The predicted octanol–water partition coefficient (Wildman–Crippen LogP) is 13.3. The molecular weight excluding hydrogens is 781 g/mol. The van der Waals surface area contributed by atoms with E-state index in [-0.39, 0.29) is 11.4 Å². The van der Waals surface area contributed by atoms with E-state index in [1.54, 1.807) is 0 Å². The Bertz CT molecular complexity index is 2630. The summed E-state index contributed by atoms with van der Waals surface area (Å²) in [5.74, 6) is 0.725. The SMILES string of the molecule is N#Cc1nc(N(Cc2ccc(-c3ccccc3)cc2)Cc2ccc(-c3ccccc3)cc2)c(C#N)nc1N(Cc1ccc(-c2ccccc2)cc1)Cc1ccc(-c2ccccc2)cc1. The quantitative estimate of drug-likeness (QED) is 0.109. The second-order valence-corrected chi connectivity index (χ2v) is 15.8. The molecule has 0 N–H and O–H groups in total. The molecule has 0 fully saturated rings. The van der Waals surface area contributed by atoms with Gasteiger partial charge in [-0.2, -0.15) is 10.5 Å². The van der Waals surface area contributed by atoms with Crippen LogP contribution in [0.2, 0.25) is 0 Å². The Morgan fingerprint density at radius 3 is 0.688 bits per heavy atom. The highest BCUT2D eigenvalue weighted by Gasteiger charge is 2.24. The molecule has 6 nitrogen and oxygen atoms in total. The van der Waals surface area contributed by atoms with E-state index in [2.05, 4.69) is 168 Å². The maximum Gasteiger partial charge on any atom is 0.185 e. The first-order valence-corrected chi connectivity index (χ1v) is 21.4. The van der Waals surface area contributed by atoms with Crippen molar-refractivity contribution in [3.05, 3.63) is 252 Å². The summed E-state index contributed by atoms with van der Waals surface area (Å²) >= 11 is 0. The molecular formula is C58H44N6. The first-order chi connectivity index (χ1) is 31.6. The number of rotatable bonds is 14. The molecule has 0 unspecified atom stereocenters. The summed E-state index contributed by atoms with van der Waals surface area (Å²) in [7, 11) is 0. The van der Waals surface area contributed by atoms with Crippen molar-refractivity contribution in [2.45, 2.75) is 26.2 Å². The standard InChI is InChI=1S/C58H44N6/c59-37-55-57(63(39-43-21-29-51(30-22-43)47-13-5-1-6-14-47)40-44-23-31-52(32-24-44)48-15-7-2-8-16-48)61-56(38-60)58(62-55)64(41-45-25-33-53(34-26-45)49-17-9-3-10-18-49)42-46-27-35-54(36-28-46)50-19-11-4-12-20-50/h1-36H,39-42H2. The average Bonchev–Trinajstić information content (AvgIpc) is 3.37. The Morgan fingerprint density at radius 2 is 0.484 bits per heavy atom. The van der Waals surface area contributed by atoms with Crippen LogP contribution in [0.15, 0.2) is 218 Å². The van der Waals surface area contributed by atoms with Gasteiger partial charge in [0.25, 0.3) is 0 Å². The van der Waals surface area contributed by atoms with Gasteiger partial charge < -0.3 is 9.80 Å². The summed E-state index contributed by atoms with van der Waals surface area (Å²) in [4.78, 5) is 14.2. The molecule has 0 bridgehead atoms. The summed E-state index contributed by atoms with van der Waals surface area (Å²) in [5.41, 5.74) is 13.5. The molecule has 0 spiro atoms. The topological polar surface area (TPSA) is 79.8 Å². The lowest BCUT2D eigenvalue weighted by atomic mass is 10.0. The molecule has 6 heteroatoms. The van der Waals surface area contributed by atoms with Crippen molar-refractivity contribution >= 4 is 11.6 Å². The van der Waals surface area contributed by atoms with E-state index in [1.165, 1.54) is 0 Å². The van der Waals surface area contributed by atoms with E-state index < -0.39 is 0 Å². The molecule has 0 aliphatic rings. The minimum Gasteiger partial charge on any atom is -0.346 e. The van der Waals surface area contributed by atoms with Crippen LogP contribution in [0.25, 0.3) is 44.5 Å². The maximum atomic E-state index is 10.9. The predicted molar refractivity (Wildman–Crippen MR) is 259 cm³/mol. The third kappa shape index (κ3) is 9.64. The smallest absolute Gasteiger partial charge is 0.185 e. The molecule has 0 saturated heterocycles. The summed E-state index contributed by atoms with van der Waals surface area (Å²) in [6.45, 7) is 1.76. The molecule has 9 rings (SSSR count). The van der Waals surface area contributed by atoms with Crippen LogP contribution in [-0.2, 0) is 26.2 Å². The number of nitrogens with zero attached hydrogens (tertiary/aromatic N) is 6. The van der Waals surface area contributed by atoms with Crippen LogP contribution in [0.5, 0.6) is 0 Å². The van der Waals surface area contributed by atoms with E-state index in [1.807, 2.05) is 72.8 Å². The average molecular weight is 825 g/mol. The van der Waals surface area contributed by atoms with Gasteiger partial charge in [-0.3, -0.25) is 0 Å². The Balaban J connectivity index is 1.08. The highest BCUT2D eigenvalue weighted by molar-refractivity contribution is 5.68. The zero-order valence-corrected chi connectivity index (χ0v) is 35.3. The van der Waals surface area contributed by atoms with Gasteiger partial charge in [-0.15, -0.1) is 0 Å². The van der Waals surface area contributed by atoms with Crippen LogP contribution in [0.3, 0.4) is 0 Å². The van der Waals surface area contributed by atoms with E-state index in [9.17, 15) is 10.5 Å². The van der Waals surface area contributed by atoms with E-state index in [4.69, 9.17) is 9.97 Å². The maximum absolute atomic E-state index is 10.9. The summed E-state index contributed by atoms with van der Waals surface area (Å²) in [5, 5.41) is 21.7. The Kier molecular flexibility index (Phi) is 12.4. The van der Waals surface area contributed by atoms with Gasteiger partial charge in [0, 0.05) is 26.2 Å². The molecule has 0 saturated carbocycles. The fourth-order valence-corrected chi connectivity index (χ4v) is 8.03. The van der Waals surface area contributed by atoms with Gasteiger partial charge in [-0.1, -0.05) is 218 Å². The third-order valence-electron chi connectivity index (χ3n) is 11.4. The second-order valence-electron chi connectivity index (χ2n) is 15.8. The van der Waals surface area contributed by atoms with Gasteiger partial charge in [0.1, 0.15) is 12.1 Å². The Morgan fingerprint density at radius 1 is 0.281 bits per heavy atom. The van der Waals surface area contributed by atoms with Crippen molar-refractivity contribution in [3.8, 4) is 56.6 Å². The van der Waals surface area contributed by atoms with Crippen LogP contribution < -0.4 is 9.80 Å². The summed E-state index contributed by atoms with van der Waals surface area (Å²) in [6, 6.07) is 79.8. The Hall–Kier alpha value is -8.58.